The number of carbonyl (C=O) groups excluding carboxylic acids is 1. The number of aliphatic hydroxyl groups excluding tert-OH is 3. The summed E-state index contributed by atoms with van der Waals surface area (Å²) >= 11 is 0. The Kier molecular flexibility index (Phi) is 39.8. The molecular formula is C35H72O5. The Morgan fingerprint density at radius 1 is 0.475 bits per heavy atom. The van der Waals surface area contributed by atoms with Gasteiger partial charge in [0.1, 0.15) is 6.10 Å². The number of carbonyl (C=O) groups is 1. The monoisotopic (exact) mass is 573 g/mol. The van der Waals surface area contributed by atoms with Crippen molar-refractivity contribution in [3.8, 4) is 0 Å². The minimum Gasteiger partial charge on any atom is -0.466 e. The van der Waals surface area contributed by atoms with Crippen molar-refractivity contribution in [2.45, 2.75) is 200 Å². The molecule has 0 bridgehead atoms. The molecule has 0 aromatic rings. The summed E-state index contributed by atoms with van der Waals surface area (Å²) in [5.41, 5.74) is 0. The molecule has 242 valence electrons. The molecule has 0 spiro atoms. The first-order valence-electron chi connectivity index (χ1n) is 17.7. The Balaban J connectivity index is 0. The smallest absolute Gasteiger partial charge is 0.305 e. The lowest BCUT2D eigenvalue weighted by molar-refractivity contribution is -0.143. The maximum atomic E-state index is 11.9. The van der Waals surface area contributed by atoms with Crippen molar-refractivity contribution < 1.29 is 24.9 Å². The van der Waals surface area contributed by atoms with Gasteiger partial charge in [-0.05, 0) is 12.8 Å². The molecule has 0 aliphatic carbocycles. The molecule has 3 N–H and O–H groups in total. The number of unbranched alkanes of at least 4 members (excludes halogenated alkanes) is 25. The normalized spacial score (nSPS) is 11.1. The third-order valence-corrected chi connectivity index (χ3v) is 7.67. The topological polar surface area (TPSA) is 87.0 Å². The molecule has 0 aliphatic rings. The highest BCUT2D eigenvalue weighted by molar-refractivity contribution is 5.69. The maximum Gasteiger partial charge on any atom is 0.305 e. The molecule has 40 heavy (non-hydrogen) atoms. The Labute approximate surface area is 250 Å². The molecule has 0 saturated carbocycles. The van der Waals surface area contributed by atoms with E-state index in [1.807, 2.05) is 0 Å². The van der Waals surface area contributed by atoms with Gasteiger partial charge in [0.2, 0.25) is 0 Å². The van der Waals surface area contributed by atoms with Gasteiger partial charge >= 0.3 is 5.97 Å². The fraction of sp³-hybridized carbons (Fsp3) is 0.971. The van der Waals surface area contributed by atoms with E-state index in [2.05, 4.69) is 13.8 Å². The van der Waals surface area contributed by atoms with Crippen LogP contribution in [0.2, 0.25) is 0 Å². The van der Waals surface area contributed by atoms with Crippen molar-refractivity contribution in [2.75, 3.05) is 19.8 Å². The van der Waals surface area contributed by atoms with Crippen LogP contribution in [0, 0.1) is 0 Å². The molecular weight excluding hydrogens is 500 g/mol. The van der Waals surface area contributed by atoms with Gasteiger partial charge in [-0.15, -0.1) is 0 Å². The third-order valence-electron chi connectivity index (χ3n) is 7.67. The summed E-state index contributed by atoms with van der Waals surface area (Å²) in [4.78, 5) is 11.9. The molecule has 5 nitrogen and oxygen atoms in total. The van der Waals surface area contributed by atoms with Crippen LogP contribution in [0.5, 0.6) is 0 Å². The lowest BCUT2D eigenvalue weighted by Gasteiger charge is -2.06. The fourth-order valence-electron chi connectivity index (χ4n) is 4.90. The highest BCUT2D eigenvalue weighted by atomic mass is 16.5. The molecule has 0 atom stereocenters. The number of hydrogen-bond donors (Lipinski definition) is 3. The highest BCUT2D eigenvalue weighted by Gasteiger charge is 2.03. The average molecular weight is 573 g/mol. The van der Waals surface area contributed by atoms with E-state index in [-0.39, 0.29) is 19.2 Å². The zero-order valence-corrected chi connectivity index (χ0v) is 27.2. The molecule has 0 heterocycles. The van der Waals surface area contributed by atoms with E-state index in [1.54, 1.807) is 0 Å². The SMILES string of the molecule is CCCCCCCCCCCCCCCCOC(=O)CCCCCCCCCCCCCCC.OCC(O)CO. The molecule has 0 amide bonds. The van der Waals surface area contributed by atoms with Gasteiger partial charge < -0.3 is 20.1 Å². The second-order valence-electron chi connectivity index (χ2n) is 11.8. The van der Waals surface area contributed by atoms with Gasteiger partial charge in [-0.25, -0.2) is 0 Å². The minimum absolute atomic E-state index is 0.0257. The lowest BCUT2D eigenvalue weighted by Crippen LogP contribution is -2.15. The van der Waals surface area contributed by atoms with E-state index in [1.165, 1.54) is 161 Å². The number of hydrogen-bond acceptors (Lipinski definition) is 5. The first-order chi connectivity index (χ1) is 19.6. The lowest BCUT2D eigenvalue weighted by atomic mass is 10.0. The summed E-state index contributed by atoms with van der Waals surface area (Å²) in [7, 11) is 0. The largest absolute Gasteiger partial charge is 0.466 e. The molecule has 5 heteroatoms. The molecule has 0 unspecified atom stereocenters. The second-order valence-corrected chi connectivity index (χ2v) is 11.8. The Morgan fingerprint density at radius 3 is 1.02 bits per heavy atom. The summed E-state index contributed by atoms with van der Waals surface area (Å²) in [6.07, 6.45) is 36.2. The molecule has 0 aliphatic heterocycles. The van der Waals surface area contributed by atoms with Crippen molar-refractivity contribution >= 4 is 5.97 Å². The standard InChI is InChI=1S/C32H64O2.C3H8O3/c1-3-5-7-9-11-13-15-17-19-21-23-25-27-29-31-34-32(33)30-28-26-24-22-20-18-16-14-12-10-8-6-4-2;4-1-3(6)2-5/h3-31H2,1-2H3;3-6H,1-2H2. The summed E-state index contributed by atoms with van der Waals surface area (Å²) in [6, 6.07) is 0. The second kappa shape index (κ2) is 38.4. The predicted molar refractivity (Wildman–Crippen MR) is 172 cm³/mol. The van der Waals surface area contributed by atoms with Crippen LogP contribution in [-0.2, 0) is 9.53 Å². The van der Waals surface area contributed by atoms with Crippen LogP contribution in [0.3, 0.4) is 0 Å². The van der Waals surface area contributed by atoms with Gasteiger partial charge in [-0.1, -0.05) is 174 Å². The Bertz CT molecular complexity index is 453. The third kappa shape index (κ3) is 39.5. The quantitative estimate of drug-likeness (QED) is 0.0568. The van der Waals surface area contributed by atoms with Gasteiger partial charge in [0.15, 0.2) is 0 Å². The van der Waals surface area contributed by atoms with E-state index in [9.17, 15) is 4.79 Å². The van der Waals surface area contributed by atoms with E-state index in [0.29, 0.717) is 13.0 Å². The van der Waals surface area contributed by atoms with E-state index in [4.69, 9.17) is 20.1 Å². The van der Waals surface area contributed by atoms with Gasteiger partial charge in [0.25, 0.3) is 0 Å². The maximum absolute atomic E-state index is 11.9. The molecule has 0 rings (SSSR count). The number of ether oxygens (including phenoxy) is 1. The van der Waals surface area contributed by atoms with E-state index >= 15 is 0 Å². The number of aliphatic hydroxyl groups is 3. The van der Waals surface area contributed by atoms with Crippen LogP contribution in [0.15, 0.2) is 0 Å². The highest BCUT2D eigenvalue weighted by Crippen LogP contribution is 2.14. The Morgan fingerprint density at radius 2 is 0.750 bits per heavy atom. The van der Waals surface area contributed by atoms with Gasteiger partial charge in [0, 0.05) is 6.42 Å². The predicted octanol–water partition coefficient (Wildman–Crippen LogP) is 9.82. The van der Waals surface area contributed by atoms with E-state index < -0.39 is 6.10 Å². The van der Waals surface area contributed by atoms with Crippen LogP contribution in [0.25, 0.3) is 0 Å². The van der Waals surface area contributed by atoms with Crippen LogP contribution < -0.4 is 0 Å². The first-order valence-corrected chi connectivity index (χ1v) is 17.7. The van der Waals surface area contributed by atoms with Crippen LogP contribution in [0.1, 0.15) is 194 Å². The first kappa shape index (κ1) is 41.5. The van der Waals surface area contributed by atoms with Crippen LogP contribution >= 0.6 is 0 Å². The van der Waals surface area contributed by atoms with Crippen molar-refractivity contribution in [3.05, 3.63) is 0 Å². The molecule has 0 aromatic heterocycles. The zero-order chi connectivity index (χ0) is 29.8. The van der Waals surface area contributed by atoms with Crippen molar-refractivity contribution in [2.24, 2.45) is 0 Å². The van der Waals surface area contributed by atoms with Gasteiger partial charge in [-0.3, -0.25) is 4.79 Å². The van der Waals surface area contributed by atoms with Crippen molar-refractivity contribution in [1.29, 1.82) is 0 Å². The fourth-order valence-corrected chi connectivity index (χ4v) is 4.90. The molecule has 0 aromatic carbocycles. The van der Waals surface area contributed by atoms with Crippen LogP contribution in [-0.4, -0.2) is 47.2 Å². The molecule has 0 radical (unpaired) electrons. The van der Waals surface area contributed by atoms with Crippen LogP contribution in [0.4, 0.5) is 0 Å². The van der Waals surface area contributed by atoms with Gasteiger partial charge in [-0.2, -0.15) is 0 Å². The Hall–Kier alpha value is -0.650. The van der Waals surface area contributed by atoms with E-state index in [0.717, 1.165) is 12.8 Å². The molecule has 0 saturated heterocycles. The zero-order valence-electron chi connectivity index (χ0n) is 27.2. The van der Waals surface area contributed by atoms with Crippen molar-refractivity contribution in [1.82, 2.24) is 0 Å². The number of rotatable bonds is 31. The summed E-state index contributed by atoms with van der Waals surface area (Å²) in [5, 5.41) is 24.0. The molecule has 0 fully saturated rings. The summed E-state index contributed by atoms with van der Waals surface area (Å²) < 4.78 is 5.42. The van der Waals surface area contributed by atoms with Gasteiger partial charge in [0.05, 0.1) is 19.8 Å². The number of esters is 1. The average Bonchev–Trinajstić information content (AvgIpc) is 2.97. The summed E-state index contributed by atoms with van der Waals surface area (Å²) in [6.45, 7) is 4.47. The summed E-state index contributed by atoms with van der Waals surface area (Å²) in [5.74, 6) is 0.0257. The van der Waals surface area contributed by atoms with Crippen molar-refractivity contribution in [3.63, 3.8) is 0 Å². The minimum atomic E-state index is -0.954.